The van der Waals surface area contributed by atoms with Crippen LogP contribution in [-0.2, 0) is 19.1 Å². The molecule has 0 saturated carbocycles. The van der Waals surface area contributed by atoms with E-state index in [1.165, 1.54) is 0 Å². The largest absolute Gasteiger partial charge is 0.455 e. The van der Waals surface area contributed by atoms with Crippen molar-refractivity contribution in [1.82, 2.24) is 0 Å². The maximum Gasteiger partial charge on any atom is 0.311 e. The second kappa shape index (κ2) is 8.84. The van der Waals surface area contributed by atoms with Gasteiger partial charge < -0.3 is 15.0 Å². The van der Waals surface area contributed by atoms with Crippen LogP contribution in [0.1, 0.15) is 17.5 Å². The number of carbonyl (C=O) groups excluding carboxylic acids is 3. The minimum Gasteiger partial charge on any atom is -0.455 e. The molecule has 0 aromatic heterocycles. The first kappa shape index (κ1) is 21.1. The zero-order chi connectivity index (χ0) is 21.1. The molecule has 0 radical (unpaired) electrons. The third kappa shape index (κ3) is 5.08. The van der Waals surface area contributed by atoms with E-state index in [9.17, 15) is 14.4 Å². The first-order chi connectivity index (χ1) is 13.7. The highest BCUT2D eigenvalue weighted by atomic mass is 35.5. The van der Waals surface area contributed by atoms with Crippen LogP contribution in [0.15, 0.2) is 36.4 Å². The number of rotatable bonds is 5. The Morgan fingerprint density at radius 3 is 2.55 bits per heavy atom. The Labute approximate surface area is 178 Å². The lowest BCUT2D eigenvalue weighted by Gasteiger charge is -2.18. The predicted molar refractivity (Wildman–Crippen MR) is 112 cm³/mol. The minimum atomic E-state index is -0.620. The number of aryl methyl sites for hydroxylation is 2. The molecule has 0 aliphatic carbocycles. The number of hydrogen-bond acceptors (Lipinski definition) is 4. The first-order valence-corrected chi connectivity index (χ1v) is 9.79. The molecular weight excluding hydrogens is 415 g/mol. The van der Waals surface area contributed by atoms with Gasteiger partial charge in [0.15, 0.2) is 6.61 Å². The van der Waals surface area contributed by atoms with Crippen molar-refractivity contribution < 1.29 is 19.1 Å². The molecule has 3 rings (SSSR count). The van der Waals surface area contributed by atoms with Crippen molar-refractivity contribution in [2.75, 3.05) is 23.4 Å². The van der Waals surface area contributed by atoms with Gasteiger partial charge in [0.25, 0.3) is 5.91 Å². The van der Waals surface area contributed by atoms with Crippen molar-refractivity contribution in [3.63, 3.8) is 0 Å². The van der Waals surface area contributed by atoms with Crippen LogP contribution in [0.5, 0.6) is 0 Å². The summed E-state index contributed by atoms with van der Waals surface area (Å²) in [6.45, 7) is 3.65. The van der Waals surface area contributed by atoms with E-state index in [1.807, 2.05) is 32.0 Å². The maximum atomic E-state index is 12.4. The van der Waals surface area contributed by atoms with E-state index in [1.54, 1.807) is 23.1 Å². The van der Waals surface area contributed by atoms with Gasteiger partial charge in [0, 0.05) is 18.7 Å². The van der Waals surface area contributed by atoms with Crippen molar-refractivity contribution in [1.29, 1.82) is 0 Å². The normalized spacial score (nSPS) is 16.1. The summed E-state index contributed by atoms with van der Waals surface area (Å²) in [4.78, 5) is 38.4. The number of amides is 2. The van der Waals surface area contributed by atoms with Gasteiger partial charge in [-0.2, -0.15) is 0 Å². The van der Waals surface area contributed by atoms with E-state index < -0.39 is 24.4 Å². The Balaban J connectivity index is 1.56. The second-order valence-corrected chi connectivity index (χ2v) is 7.79. The number of benzene rings is 2. The summed E-state index contributed by atoms with van der Waals surface area (Å²) in [7, 11) is 0. The van der Waals surface area contributed by atoms with Crippen LogP contribution < -0.4 is 10.2 Å². The van der Waals surface area contributed by atoms with Crippen LogP contribution in [0.2, 0.25) is 10.0 Å². The molecule has 8 heteroatoms. The number of hydrogen-bond donors (Lipinski definition) is 1. The lowest BCUT2D eigenvalue weighted by Crippen LogP contribution is -2.28. The molecule has 1 heterocycles. The lowest BCUT2D eigenvalue weighted by molar-refractivity contribution is -0.151. The quantitative estimate of drug-likeness (QED) is 0.717. The van der Waals surface area contributed by atoms with Gasteiger partial charge in [0.05, 0.1) is 21.7 Å². The highest BCUT2D eigenvalue weighted by Gasteiger charge is 2.36. The molecule has 6 nitrogen and oxygen atoms in total. The van der Waals surface area contributed by atoms with E-state index in [-0.39, 0.29) is 23.9 Å². The van der Waals surface area contributed by atoms with Gasteiger partial charge in [-0.15, -0.1) is 0 Å². The van der Waals surface area contributed by atoms with E-state index in [4.69, 9.17) is 27.9 Å². The third-order valence-corrected chi connectivity index (χ3v) is 5.37. The lowest BCUT2D eigenvalue weighted by atomic mass is 10.1. The SMILES string of the molecule is Cc1cc(C)cc(N2C[C@H](C(=O)OCC(=O)Nc3cccc(Cl)c3Cl)CC2=O)c1. The monoisotopic (exact) mass is 434 g/mol. The van der Waals surface area contributed by atoms with Gasteiger partial charge in [0.1, 0.15) is 0 Å². The number of halogens is 2. The fourth-order valence-corrected chi connectivity index (χ4v) is 3.61. The number of nitrogens with one attached hydrogen (secondary N) is 1. The van der Waals surface area contributed by atoms with Crippen LogP contribution in [0.3, 0.4) is 0 Å². The molecule has 1 atom stereocenters. The van der Waals surface area contributed by atoms with Crippen LogP contribution in [0.25, 0.3) is 0 Å². The van der Waals surface area contributed by atoms with Crippen molar-refractivity contribution in [2.45, 2.75) is 20.3 Å². The van der Waals surface area contributed by atoms with Crippen molar-refractivity contribution >= 4 is 52.4 Å². The van der Waals surface area contributed by atoms with Gasteiger partial charge in [-0.05, 0) is 49.2 Å². The Bertz CT molecular complexity index is 957. The summed E-state index contributed by atoms with van der Waals surface area (Å²) in [6, 6.07) is 10.6. The summed E-state index contributed by atoms with van der Waals surface area (Å²) >= 11 is 11.9. The molecule has 1 N–H and O–H groups in total. The maximum absolute atomic E-state index is 12.4. The van der Waals surface area contributed by atoms with Gasteiger partial charge in [-0.1, -0.05) is 35.3 Å². The predicted octanol–water partition coefficient (Wildman–Crippen LogP) is 4.15. The van der Waals surface area contributed by atoms with Crippen LogP contribution in [0.4, 0.5) is 11.4 Å². The average molecular weight is 435 g/mol. The number of anilines is 2. The molecule has 1 aliphatic rings. The number of carbonyl (C=O) groups is 3. The molecule has 2 aromatic rings. The topological polar surface area (TPSA) is 75.7 Å². The Kier molecular flexibility index (Phi) is 6.45. The fourth-order valence-electron chi connectivity index (χ4n) is 3.26. The summed E-state index contributed by atoms with van der Waals surface area (Å²) in [5.74, 6) is -1.89. The Hall–Kier alpha value is -2.57. The molecule has 0 unspecified atom stereocenters. The summed E-state index contributed by atoms with van der Waals surface area (Å²) in [5, 5.41) is 3.05. The molecule has 152 valence electrons. The zero-order valence-electron chi connectivity index (χ0n) is 16.0. The molecule has 1 fully saturated rings. The van der Waals surface area contributed by atoms with E-state index in [0.717, 1.165) is 16.8 Å². The molecular formula is C21H20Cl2N2O4. The molecule has 0 bridgehead atoms. The minimum absolute atomic E-state index is 0.0492. The van der Waals surface area contributed by atoms with Gasteiger partial charge in [0.2, 0.25) is 5.91 Å². The number of nitrogens with zero attached hydrogens (tertiary/aromatic N) is 1. The third-order valence-electron chi connectivity index (χ3n) is 4.55. The fraction of sp³-hybridized carbons (Fsp3) is 0.286. The summed E-state index contributed by atoms with van der Waals surface area (Å²) in [6.07, 6.45) is 0.0492. The van der Waals surface area contributed by atoms with Gasteiger partial charge >= 0.3 is 5.97 Å². The summed E-state index contributed by atoms with van der Waals surface area (Å²) < 4.78 is 5.10. The molecule has 1 aliphatic heterocycles. The highest BCUT2D eigenvalue weighted by molar-refractivity contribution is 6.44. The van der Waals surface area contributed by atoms with Crippen LogP contribution in [0, 0.1) is 19.8 Å². The van der Waals surface area contributed by atoms with E-state index in [0.29, 0.717) is 10.7 Å². The van der Waals surface area contributed by atoms with E-state index in [2.05, 4.69) is 5.32 Å². The van der Waals surface area contributed by atoms with Crippen molar-refractivity contribution in [3.8, 4) is 0 Å². The zero-order valence-corrected chi connectivity index (χ0v) is 17.5. The van der Waals surface area contributed by atoms with Crippen LogP contribution in [-0.4, -0.2) is 30.9 Å². The standard InChI is InChI=1S/C21H20Cl2N2O4/c1-12-6-13(2)8-15(7-12)25-10-14(9-19(25)27)21(28)29-11-18(26)24-17-5-3-4-16(22)20(17)23/h3-8,14H,9-11H2,1-2H3,(H,24,26)/t14-/m1/s1. The average Bonchev–Trinajstić information content (AvgIpc) is 3.04. The smallest absolute Gasteiger partial charge is 0.311 e. The van der Waals surface area contributed by atoms with Crippen molar-refractivity contribution in [3.05, 3.63) is 57.6 Å². The molecule has 2 aromatic carbocycles. The first-order valence-electron chi connectivity index (χ1n) is 9.03. The molecule has 29 heavy (non-hydrogen) atoms. The number of ether oxygens (including phenoxy) is 1. The highest BCUT2D eigenvalue weighted by Crippen LogP contribution is 2.30. The summed E-state index contributed by atoms with van der Waals surface area (Å²) in [5.41, 5.74) is 3.17. The molecule has 1 saturated heterocycles. The second-order valence-electron chi connectivity index (χ2n) is 7.01. The van der Waals surface area contributed by atoms with Gasteiger partial charge in [-0.3, -0.25) is 14.4 Å². The number of esters is 1. The van der Waals surface area contributed by atoms with E-state index >= 15 is 0 Å². The van der Waals surface area contributed by atoms with Crippen molar-refractivity contribution in [2.24, 2.45) is 5.92 Å². The Morgan fingerprint density at radius 2 is 1.86 bits per heavy atom. The van der Waals surface area contributed by atoms with Crippen LogP contribution >= 0.6 is 23.2 Å². The molecule has 0 spiro atoms. The molecule has 2 amide bonds. The van der Waals surface area contributed by atoms with Gasteiger partial charge in [-0.25, -0.2) is 0 Å². The Morgan fingerprint density at radius 1 is 1.17 bits per heavy atom.